The Morgan fingerprint density at radius 1 is 1.35 bits per heavy atom. The lowest BCUT2D eigenvalue weighted by Gasteiger charge is -2.08. The molecule has 0 bridgehead atoms. The van der Waals surface area contributed by atoms with Gasteiger partial charge in [-0.3, -0.25) is 0 Å². The molecule has 1 aromatic carbocycles. The van der Waals surface area contributed by atoms with Crippen LogP contribution in [0, 0.1) is 12.7 Å². The number of ether oxygens (including phenoxy) is 1. The molecule has 0 saturated carbocycles. The molecule has 0 unspecified atom stereocenters. The predicted molar refractivity (Wildman–Crippen MR) is 64.9 cm³/mol. The minimum absolute atomic E-state index is 0.0549. The first-order valence-corrected chi connectivity index (χ1v) is 5.29. The molecule has 5 heteroatoms. The Morgan fingerprint density at radius 2 is 2.12 bits per heavy atom. The zero-order valence-electron chi connectivity index (χ0n) is 9.08. The van der Waals surface area contributed by atoms with Gasteiger partial charge in [0.15, 0.2) is 0 Å². The number of hydrogen-bond donors (Lipinski definition) is 1. The van der Waals surface area contributed by atoms with Gasteiger partial charge in [0.05, 0.1) is 16.9 Å². The summed E-state index contributed by atoms with van der Waals surface area (Å²) in [6, 6.07) is 5.94. The van der Waals surface area contributed by atoms with E-state index in [0.717, 1.165) is 5.56 Å². The Bertz CT molecular complexity index is 560. The van der Waals surface area contributed by atoms with E-state index in [-0.39, 0.29) is 5.02 Å². The first-order valence-electron chi connectivity index (χ1n) is 4.91. The van der Waals surface area contributed by atoms with E-state index in [1.807, 2.05) is 6.92 Å². The van der Waals surface area contributed by atoms with E-state index in [4.69, 9.17) is 22.1 Å². The molecular weight excluding hydrogens is 243 g/mol. The molecule has 3 nitrogen and oxygen atoms in total. The van der Waals surface area contributed by atoms with Gasteiger partial charge in [-0.2, -0.15) is 0 Å². The number of aryl methyl sites for hydroxylation is 1. The van der Waals surface area contributed by atoms with Crippen molar-refractivity contribution in [2.45, 2.75) is 6.92 Å². The normalized spacial score (nSPS) is 10.3. The zero-order valence-corrected chi connectivity index (χ0v) is 9.83. The van der Waals surface area contributed by atoms with Gasteiger partial charge in [0, 0.05) is 11.6 Å². The maximum Gasteiger partial charge on any atom is 0.222 e. The zero-order chi connectivity index (χ0) is 12.4. The second kappa shape index (κ2) is 4.59. The summed E-state index contributed by atoms with van der Waals surface area (Å²) in [7, 11) is 0. The second-order valence-corrected chi connectivity index (χ2v) is 3.98. The Hall–Kier alpha value is -1.81. The topological polar surface area (TPSA) is 48.1 Å². The number of hydrogen-bond acceptors (Lipinski definition) is 3. The molecule has 0 aliphatic rings. The molecule has 0 spiro atoms. The third-order valence-electron chi connectivity index (χ3n) is 2.16. The van der Waals surface area contributed by atoms with Crippen LogP contribution in [0.2, 0.25) is 5.02 Å². The van der Waals surface area contributed by atoms with Gasteiger partial charge in [-0.1, -0.05) is 11.6 Å². The standard InChI is InChI=1S/C12H10ClFN2O/c1-7-4-8(15)6-16-12(7)17-9-2-3-10(13)11(14)5-9/h2-6H,15H2,1H3. The monoisotopic (exact) mass is 252 g/mol. The van der Waals surface area contributed by atoms with Crippen LogP contribution in [0.25, 0.3) is 0 Å². The minimum Gasteiger partial charge on any atom is -0.439 e. The van der Waals surface area contributed by atoms with Gasteiger partial charge in [0.1, 0.15) is 11.6 Å². The predicted octanol–water partition coefficient (Wildman–Crippen LogP) is 3.56. The summed E-state index contributed by atoms with van der Waals surface area (Å²) in [5.41, 5.74) is 6.90. The molecule has 1 aromatic heterocycles. The Morgan fingerprint density at radius 3 is 2.76 bits per heavy atom. The lowest BCUT2D eigenvalue weighted by molar-refractivity contribution is 0.454. The summed E-state index contributed by atoms with van der Waals surface area (Å²) >= 11 is 5.57. The highest BCUT2D eigenvalue weighted by Gasteiger charge is 2.06. The van der Waals surface area contributed by atoms with Crippen molar-refractivity contribution in [1.82, 2.24) is 4.98 Å². The van der Waals surface area contributed by atoms with Crippen molar-refractivity contribution in [3.8, 4) is 11.6 Å². The number of benzene rings is 1. The molecule has 2 aromatic rings. The molecule has 0 amide bonds. The molecule has 88 valence electrons. The van der Waals surface area contributed by atoms with E-state index >= 15 is 0 Å². The third kappa shape index (κ3) is 2.65. The quantitative estimate of drug-likeness (QED) is 0.889. The van der Waals surface area contributed by atoms with E-state index in [1.54, 1.807) is 12.1 Å². The van der Waals surface area contributed by atoms with Crippen molar-refractivity contribution in [3.05, 3.63) is 46.9 Å². The number of anilines is 1. The van der Waals surface area contributed by atoms with E-state index in [2.05, 4.69) is 4.98 Å². The van der Waals surface area contributed by atoms with Crippen molar-refractivity contribution < 1.29 is 9.13 Å². The highest BCUT2D eigenvalue weighted by molar-refractivity contribution is 6.30. The fourth-order valence-corrected chi connectivity index (χ4v) is 1.46. The third-order valence-corrected chi connectivity index (χ3v) is 2.46. The number of rotatable bonds is 2. The van der Waals surface area contributed by atoms with Crippen LogP contribution in [0.5, 0.6) is 11.6 Å². The van der Waals surface area contributed by atoms with Crippen LogP contribution in [-0.4, -0.2) is 4.98 Å². The Labute approximate surface area is 103 Å². The number of nitrogens with two attached hydrogens (primary N) is 1. The van der Waals surface area contributed by atoms with Crippen molar-refractivity contribution in [2.24, 2.45) is 0 Å². The molecular formula is C12H10ClFN2O. The summed E-state index contributed by atoms with van der Waals surface area (Å²) in [5.74, 6) is 0.199. The van der Waals surface area contributed by atoms with Gasteiger partial charge in [-0.15, -0.1) is 0 Å². The van der Waals surface area contributed by atoms with Crippen LogP contribution in [0.4, 0.5) is 10.1 Å². The summed E-state index contributed by atoms with van der Waals surface area (Å²) in [6.07, 6.45) is 1.48. The van der Waals surface area contributed by atoms with E-state index < -0.39 is 5.82 Å². The first kappa shape index (κ1) is 11.7. The number of aromatic nitrogens is 1. The fraction of sp³-hybridized carbons (Fsp3) is 0.0833. The summed E-state index contributed by atoms with van der Waals surface area (Å²) < 4.78 is 18.6. The highest BCUT2D eigenvalue weighted by Crippen LogP contribution is 2.26. The number of nitrogen functional groups attached to an aromatic ring is 1. The lowest BCUT2D eigenvalue weighted by Crippen LogP contribution is -1.94. The van der Waals surface area contributed by atoms with E-state index in [1.165, 1.54) is 18.3 Å². The first-order chi connectivity index (χ1) is 8.06. The van der Waals surface area contributed by atoms with Gasteiger partial charge >= 0.3 is 0 Å². The van der Waals surface area contributed by atoms with E-state index in [9.17, 15) is 4.39 Å². The molecule has 1 heterocycles. The van der Waals surface area contributed by atoms with Crippen molar-refractivity contribution in [1.29, 1.82) is 0 Å². The van der Waals surface area contributed by atoms with Crippen LogP contribution in [-0.2, 0) is 0 Å². The smallest absolute Gasteiger partial charge is 0.222 e. The van der Waals surface area contributed by atoms with Crippen molar-refractivity contribution >= 4 is 17.3 Å². The van der Waals surface area contributed by atoms with E-state index in [0.29, 0.717) is 17.3 Å². The molecule has 2 rings (SSSR count). The van der Waals surface area contributed by atoms with Gasteiger partial charge in [0.25, 0.3) is 0 Å². The number of halogens is 2. The molecule has 2 N–H and O–H groups in total. The number of pyridine rings is 1. The molecule has 0 atom stereocenters. The highest BCUT2D eigenvalue weighted by atomic mass is 35.5. The largest absolute Gasteiger partial charge is 0.439 e. The van der Waals surface area contributed by atoms with Gasteiger partial charge < -0.3 is 10.5 Å². The molecule has 0 aliphatic heterocycles. The minimum atomic E-state index is -0.530. The maximum absolute atomic E-state index is 13.2. The average Bonchev–Trinajstić information content (AvgIpc) is 2.27. The van der Waals surface area contributed by atoms with Crippen LogP contribution >= 0.6 is 11.6 Å². The average molecular weight is 253 g/mol. The van der Waals surface area contributed by atoms with Crippen molar-refractivity contribution in [2.75, 3.05) is 5.73 Å². The SMILES string of the molecule is Cc1cc(N)cnc1Oc1ccc(Cl)c(F)c1. The molecule has 0 radical (unpaired) electrons. The fourth-order valence-electron chi connectivity index (χ4n) is 1.34. The summed E-state index contributed by atoms with van der Waals surface area (Å²) in [6.45, 7) is 1.81. The Balaban J connectivity index is 2.28. The summed E-state index contributed by atoms with van der Waals surface area (Å²) in [5, 5.41) is 0.0549. The van der Waals surface area contributed by atoms with Gasteiger partial charge in [-0.05, 0) is 25.1 Å². The second-order valence-electron chi connectivity index (χ2n) is 3.57. The van der Waals surface area contributed by atoms with Crippen LogP contribution in [0.1, 0.15) is 5.56 Å². The molecule has 0 fully saturated rings. The Kier molecular flexibility index (Phi) is 3.15. The molecule has 0 aliphatic carbocycles. The number of nitrogens with zero attached hydrogens (tertiary/aromatic N) is 1. The van der Waals surface area contributed by atoms with Crippen molar-refractivity contribution in [3.63, 3.8) is 0 Å². The lowest BCUT2D eigenvalue weighted by atomic mass is 10.3. The molecule has 0 saturated heterocycles. The van der Waals surface area contributed by atoms with Crippen LogP contribution in [0.15, 0.2) is 30.5 Å². The molecule has 17 heavy (non-hydrogen) atoms. The van der Waals surface area contributed by atoms with Crippen LogP contribution in [0.3, 0.4) is 0 Å². The van der Waals surface area contributed by atoms with Crippen LogP contribution < -0.4 is 10.5 Å². The van der Waals surface area contributed by atoms with Gasteiger partial charge in [-0.25, -0.2) is 9.37 Å². The maximum atomic E-state index is 13.2. The van der Waals surface area contributed by atoms with Gasteiger partial charge in [0.2, 0.25) is 5.88 Å². The summed E-state index contributed by atoms with van der Waals surface area (Å²) in [4.78, 5) is 4.02.